The second-order valence-electron chi connectivity index (χ2n) is 7.48. The molecule has 1 fully saturated rings. The van der Waals surface area contributed by atoms with Crippen LogP contribution in [-0.2, 0) is 17.6 Å². The molecule has 1 saturated heterocycles. The van der Waals surface area contributed by atoms with Gasteiger partial charge in [0.05, 0.1) is 12.0 Å². The van der Waals surface area contributed by atoms with E-state index in [-0.39, 0.29) is 23.8 Å². The zero-order chi connectivity index (χ0) is 20.2. The van der Waals surface area contributed by atoms with Crippen molar-refractivity contribution in [1.29, 1.82) is 0 Å². The van der Waals surface area contributed by atoms with Crippen molar-refractivity contribution < 1.29 is 9.59 Å². The number of hydrazine groups is 1. The molecule has 1 aliphatic heterocycles. The van der Waals surface area contributed by atoms with E-state index in [0.717, 1.165) is 29.7 Å². The molecular formula is C24H25N3O2. The number of hydrogen-bond donors (Lipinski definition) is 3. The van der Waals surface area contributed by atoms with Gasteiger partial charge in [0.2, 0.25) is 5.91 Å². The van der Waals surface area contributed by atoms with E-state index in [9.17, 15) is 9.59 Å². The molecule has 1 heterocycles. The Kier molecular flexibility index (Phi) is 5.58. The van der Waals surface area contributed by atoms with Gasteiger partial charge in [-0.15, -0.1) is 0 Å². The minimum Gasteiger partial charge on any atom is -0.322 e. The molecule has 0 saturated carbocycles. The van der Waals surface area contributed by atoms with Crippen molar-refractivity contribution in [3.05, 3.63) is 89.0 Å². The van der Waals surface area contributed by atoms with Crippen molar-refractivity contribution in [2.45, 2.75) is 32.2 Å². The molecule has 2 unspecified atom stereocenters. The lowest BCUT2D eigenvalue weighted by Crippen LogP contribution is -2.55. The quantitative estimate of drug-likeness (QED) is 0.735. The highest BCUT2D eigenvalue weighted by Gasteiger charge is 2.33. The number of benzene rings is 2. The number of fused-ring (bicyclic) bond motifs is 1. The SMILES string of the molecule is CCc1ccc(NC(=O)c2cccc(CC3NNC(=O)C4CC=CC=C34)c2)cc1. The number of carbonyl (C=O) groups excluding carboxylic acids is 2. The van der Waals surface area contributed by atoms with Crippen LogP contribution in [0.5, 0.6) is 0 Å². The van der Waals surface area contributed by atoms with Crippen LogP contribution in [0.2, 0.25) is 0 Å². The summed E-state index contributed by atoms with van der Waals surface area (Å²) in [7, 11) is 0. The minimum absolute atomic E-state index is 0.0130. The molecule has 2 atom stereocenters. The fourth-order valence-corrected chi connectivity index (χ4v) is 3.86. The monoisotopic (exact) mass is 387 g/mol. The first kappa shape index (κ1) is 19.2. The molecule has 5 nitrogen and oxygen atoms in total. The Morgan fingerprint density at radius 2 is 1.97 bits per heavy atom. The van der Waals surface area contributed by atoms with Crippen LogP contribution in [-0.4, -0.2) is 17.9 Å². The van der Waals surface area contributed by atoms with Crippen LogP contribution in [0.3, 0.4) is 0 Å². The van der Waals surface area contributed by atoms with Gasteiger partial charge >= 0.3 is 0 Å². The van der Waals surface area contributed by atoms with Crippen molar-refractivity contribution in [2.75, 3.05) is 5.32 Å². The van der Waals surface area contributed by atoms with Crippen molar-refractivity contribution in [1.82, 2.24) is 10.9 Å². The number of amides is 2. The highest BCUT2D eigenvalue weighted by molar-refractivity contribution is 6.04. The van der Waals surface area contributed by atoms with Gasteiger partial charge in [0.15, 0.2) is 0 Å². The van der Waals surface area contributed by atoms with Crippen LogP contribution < -0.4 is 16.2 Å². The molecule has 2 aromatic carbocycles. The first-order valence-electron chi connectivity index (χ1n) is 10.0. The minimum atomic E-state index is -0.126. The molecule has 1 aliphatic carbocycles. The summed E-state index contributed by atoms with van der Waals surface area (Å²) in [6.45, 7) is 2.10. The average Bonchev–Trinajstić information content (AvgIpc) is 2.77. The van der Waals surface area contributed by atoms with E-state index in [2.05, 4.69) is 23.1 Å². The smallest absolute Gasteiger partial charge is 0.255 e. The van der Waals surface area contributed by atoms with Crippen LogP contribution in [0.15, 0.2) is 72.3 Å². The molecule has 3 N–H and O–H groups in total. The van der Waals surface area contributed by atoms with Crippen molar-refractivity contribution >= 4 is 17.5 Å². The Bertz CT molecular complexity index is 976. The number of anilines is 1. The zero-order valence-electron chi connectivity index (χ0n) is 16.4. The van der Waals surface area contributed by atoms with Crippen LogP contribution in [0.4, 0.5) is 5.69 Å². The zero-order valence-corrected chi connectivity index (χ0v) is 16.4. The molecule has 0 spiro atoms. The van der Waals surface area contributed by atoms with E-state index in [1.165, 1.54) is 5.56 Å². The molecule has 148 valence electrons. The highest BCUT2D eigenvalue weighted by Crippen LogP contribution is 2.28. The molecule has 2 aliphatic rings. The van der Waals surface area contributed by atoms with E-state index < -0.39 is 0 Å². The fourth-order valence-electron chi connectivity index (χ4n) is 3.86. The third-order valence-electron chi connectivity index (χ3n) is 5.54. The molecule has 0 radical (unpaired) electrons. The predicted molar refractivity (Wildman–Crippen MR) is 114 cm³/mol. The van der Waals surface area contributed by atoms with Gasteiger partial charge in [-0.3, -0.25) is 15.0 Å². The van der Waals surface area contributed by atoms with Crippen LogP contribution >= 0.6 is 0 Å². The van der Waals surface area contributed by atoms with E-state index in [1.807, 2.05) is 66.8 Å². The maximum atomic E-state index is 12.7. The number of rotatable bonds is 5. The Labute approximate surface area is 170 Å². The molecule has 2 aromatic rings. The third-order valence-corrected chi connectivity index (χ3v) is 5.54. The molecule has 4 rings (SSSR count). The maximum absolute atomic E-state index is 12.7. The van der Waals surface area contributed by atoms with E-state index in [0.29, 0.717) is 12.0 Å². The summed E-state index contributed by atoms with van der Waals surface area (Å²) in [6, 6.07) is 15.6. The Morgan fingerprint density at radius 1 is 1.14 bits per heavy atom. The van der Waals surface area contributed by atoms with Gasteiger partial charge in [0.1, 0.15) is 0 Å². The number of nitrogens with one attached hydrogen (secondary N) is 3. The second kappa shape index (κ2) is 8.45. The summed E-state index contributed by atoms with van der Waals surface area (Å²) in [6.07, 6.45) is 8.46. The van der Waals surface area contributed by atoms with Crippen LogP contribution in [0.25, 0.3) is 0 Å². The molecule has 2 amide bonds. The number of carbonyl (C=O) groups is 2. The van der Waals surface area contributed by atoms with Crippen LogP contribution in [0, 0.1) is 5.92 Å². The molecule has 5 heteroatoms. The van der Waals surface area contributed by atoms with E-state index in [1.54, 1.807) is 0 Å². The van der Waals surface area contributed by atoms with Gasteiger partial charge in [0, 0.05) is 11.3 Å². The summed E-state index contributed by atoms with van der Waals surface area (Å²) < 4.78 is 0. The summed E-state index contributed by atoms with van der Waals surface area (Å²) >= 11 is 0. The fraction of sp³-hybridized carbons (Fsp3) is 0.250. The third kappa shape index (κ3) is 4.30. The lowest BCUT2D eigenvalue weighted by atomic mass is 9.82. The predicted octanol–water partition coefficient (Wildman–Crippen LogP) is 3.55. The van der Waals surface area contributed by atoms with E-state index >= 15 is 0 Å². The summed E-state index contributed by atoms with van der Waals surface area (Å²) in [5.74, 6) is -0.221. The van der Waals surface area contributed by atoms with Gasteiger partial charge in [0.25, 0.3) is 5.91 Å². The van der Waals surface area contributed by atoms with E-state index in [4.69, 9.17) is 0 Å². The summed E-state index contributed by atoms with van der Waals surface area (Å²) in [5, 5.41) is 2.96. The second-order valence-corrected chi connectivity index (χ2v) is 7.48. The van der Waals surface area contributed by atoms with Gasteiger partial charge in [-0.25, -0.2) is 5.43 Å². The topological polar surface area (TPSA) is 70.2 Å². The first-order chi connectivity index (χ1) is 14.1. The highest BCUT2D eigenvalue weighted by atomic mass is 16.2. The molecule has 29 heavy (non-hydrogen) atoms. The standard InChI is InChI=1S/C24H25N3O2/c1-2-16-10-12-19(13-11-16)25-23(28)18-7-5-6-17(14-18)15-22-20-8-3-4-9-21(20)24(29)27-26-22/h3-8,10-14,21-22,26H,2,9,15H2,1H3,(H,25,28)(H,27,29). The first-order valence-corrected chi connectivity index (χ1v) is 10.0. The lowest BCUT2D eigenvalue weighted by Gasteiger charge is -2.34. The number of allylic oxidation sites excluding steroid dienone is 3. The lowest BCUT2D eigenvalue weighted by molar-refractivity contribution is -0.126. The summed E-state index contributed by atoms with van der Waals surface area (Å²) in [4.78, 5) is 24.8. The average molecular weight is 387 g/mol. The summed E-state index contributed by atoms with van der Waals surface area (Å²) in [5.41, 5.74) is 10.7. The van der Waals surface area contributed by atoms with Crippen molar-refractivity contribution in [2.24, 2.45) is 5.92 Å². The van der Waals surface area contributed by atoms with Gasteiger partial charge in [-0.05, 0) is 60.2 Å². The van der Waals surface area contributed by atoms with Gasteiger partial charge in [-0.2, -0.15) is 0 Å². The Hall–Kier alpha value is -3.18. The van der Waals surface area contributed by atoms with Crippen molar-refractivity contribution in [3.8, 4) is 0 Å². The molecule has 0 aromatic heterocycles. The van der Waals surface area contributed by atoms with Gasteiger partial charge < -0.3 is 5.32 Å². The largest absolute Gasteiger partial charge is 0.322 e. The van der Waals surface area contributed by atoms with Crippen molar-refractivity contribution in [3.63, 3.8) is 0 Å². The molecule has 0 bridgehead atoms. The Morgan fingerprint density at radius 3 is 2.76 bits per heavy atom. The Balaban J connectivity index is 1.47. The maximum Gasteiger partial charge on any atom is 0.255 e. The van der Waals surface area contributed by atoms with Crippen LogP contribution in [0.1, 0.15) is 34.8 Å². The molecular weight excluding hydrogens is 362 g/mol. The van der Waals surface area contributed by atoms with Gasteiger partial charge in [-0.1, -0.05) is 49.4 Å². The number of aryl methyl sites for hydroxylation is 1. The number of hydrogen-bond acceptors (Lipinski definition) is 3. The normalized spacial score (nSPS) is 20.4.